The molecule has 8 heteroatoms. The highest BCUT2D eigenvalue weighted by atomic mass is 32.2. The summed E-state index contributed by atoms with van der Waals surface area (Å²) in [6, 6.07) is 9.43. The van der Waals surface area contributed by atoms with E-state index in [1.165, 1.54) is 0 Å². The van der Waals surface area contributed by atoms with Crippen molar-refractivity contribution in [1.29, 1.82) is 0 Å². The van der Waals surface area contributed by atoms with Crippen LogP contribution in [0.3, 0.4) is 0 Å². The van der Waals surface area contributed by atoms with E-state index in [1.807, 2.05) is 30.3 Å². The number of anilines is 1. The summed E-state index contributed by atoms with van der Waals surface area (Å²) in [5.41, 5.74) is 0.929. The van der Waals surface area contributed by atoms with Crippen molar-refractivity contribution in [2.24, 2.45) is 5.14 Å². The minimum atomic E-state index is -3.83. The highest BCUT2D eigenvalue weighted by Crippen LogP contribution is 2.31. The molecule has 22 heavy (non-hydrogen) atoms. The lowest BCUT2D eigenvalue weighted by Crippen LogP contribution is -2.23. The monoisotopic (exact) mass is 322 g/mol. The van der Waals surface area contributed by atoms with Gasteiger partial charge >= 0.3 is 0 Å². The van der Waals surface area contributed by atoms with Gasteiger partial charge in [0, 0.05) is 12.5 Å². The first-order chi connectivity index (χ1) is 10.4. The topological polar surface area (TPSA) is 89.2 Å². The SMILES string of the molecule is NS(=O)(=O)c1cnc(N2C[C@@H](F)[C@@H](c3ccccc3)C2)nc1. The van der Waals surface area contributed by atoms with Crippen LogP contribution in [0.4, 0.5) is 10.3 Å². The van der Waals surface area contributed by atoms with Crippen LogP contribution in [0.15, 0.2) is 47.6 Å². The molecule has 1 aromatic heterocycles. The molecule has 0 unspecified atom stereocenters. The Morgan fingerprint density at radius 2 is 1.77 bits per heavy atom. The molecule has 116 valence electrons. The van der Waals surface area contributed by atoms with Crippen LogP contribution >= 0.6 is 0 Å². The maximum absolute atomic E-state index is 14.3. The summed E-state index contributed by atoms with van der Waals surface area (Å²) in [5, 5.41) is 5.00. The Morgan fingerprint density at radius 1 is 1.14 bits per heavy atom. The second-order valence-electron chi connectivity index (χ2n) is 5.20. The number of halogens is 1. The molecule has 0 aliphatic carbocycles. The summed E-state index contributed by atoms with van der Waals surface area (Å²) in [6.07, 6.45) is 1.26. The van der Waals surface area contributed by atoms with Gasteiger partial charge in [-0.1, -0.05) is 30.3 Å². The Hall–Kier alpha value is -2.06. The van der Waals surface area contributed by atoms with Crippen LogP contribution in [0.1, 0.15) is 11.5 Å². The zero-order valence-electron chi connectivity index (χ0n) is 11.6. The van der Waals surface area contributed by atoms with E-state index >= 15 is 0 Å². The summed E-state index contributed by atoms with van der Waals surface area (Å²) in [5.74, 6) is 0.0520. The number of rotatable bonds is 3. The van der Waals surface area contributed by atoms with Gasteiger partial charge in [0.2, 0.25) is 16.0 Å². The summed E-state index contributed by atoms with van der Waals surface area (Å²) < 4.78 is 36.6. The van der Waals surface area contributed by atoms with E-state index in [1.54, 1.807) is 4.90 Å². The van der Waals surface area contributed by atoms with E-state index in [9.17, 15) is 12.8 Å². The maximum Gasteiger partial charge on any atom is 0.241 e. The molecule has 0 radical (unpaired) electrons. The zero-order chi connectivity index (χ0) is 15.7. The molecule has 2 N–H and O–H groups in total. The minimum Gasteiger partial charge on any atom is -0.337 e. The summed E-state index contributed by atoms with van der Waals surface area (Å²) in [4.78, 5) is 9.50. The summed E-state index contributed by atoms with van der Waals surface area (Å²) in [7, 11) is -3.83. The third kappa shape index (κ3) is 2.93. The molecular formula is C14H15FN4O2S. The van der Waals surface area contributed by atoms with Gasteiger partial charge in [-0.05, 0) is 5.56 Å². The van der Waals surface area contributed by atoms with Gasteiger partial charge in [0.05, 0.1) is 18.9 Å². The molecule has 3 rings (SSSR count). The van der Waals surface area contributed by atoms with E-state index in [4.69, 9.17) is 5.14 Å². The molecule has 0 amide bonds. The molecule has 1 aliphatic rings. The van der Waals surface area contributed by atoms with Crippen molar-refractivity contribution in [3.8, 4) is 0 Å². The van der Waals surface area contributed by atoms with E-state index in [2.05, 4.69) is 9.97 Å². The maximum atomic E-state index is 14.3. The third-order valence-corrected chi connectivity index (χ3v) is 4.57. The number of sulfonamides is 1. The predicted molar refractivity (Wildman–Crippen MR) is 79.7 cm³/mol. The Labute approximate surface area is 127 Å². The van der Waals surface area contributed by atoms with Crippen LogP contribution < -0.4 is 10.0 Å². The smallest absolute Gasteiger partial charge is 0.241 e. The molecule has 1 saturated heterocycles. The highest BCUT2D eigenvalue weighted by molar-refractivity contribution is 7.89. The number of hydrogen-bond donors (Lipinski definition) is 1. The minimum absolute atomic E-state index is 0.160. The molecule has 0 bridgehead atoms. The number of primary sulfonamides is 1. The molecule has 1 fully saturated rings. The van der Waals surface area contributed by atoms with Gasteiger partial charge < -0.3 is 4.90 Å². The van der Waals surface area contributed by atoms with E-state index in [0.29, 0.717) is 12.5 Å². The van der Waals surface area contributed by atoms with Gasteiger partial charge in [-0.25, -0.2) is 27.9 Å². The lowest BCUT2D eigenvalue weighted by Gasteiger charge is -2.15. The zero-order valence-corrected chi connectivity index (χ0v) is 12.4. The molecule has 1 aromatic carbocycles. The fourth-order valence-electron chi connectivity index (χ4n) is 2.56. The molecule has 0 spiro atoms. The standard InChI is InChI=1S/C14H15FN4O2S/c15-13-9-19(8-12(13)10-4-2-1-3-5-10)14-17-6-11(7-18-14)22(16,20)21/h1-7,12-13H,8-9H2,(H2,16,20,21)/t12-,13-/m1/s1. The Bertz CT molecular complexity index is 752. The molecule has 2 heterocycles. The first-order valence-corrected chi connectivity index (χ1v) is 8.28. The Kier molecular flexibility index (Phi) is 3.79. The van der Waals surface area contributed by atoms with Crippen molar-refractivity contribution < 1.29 is 12.8 Å². The number of hydrogen-bond acceptors (Lipinski definition) is 5. The number of benzene rings is 1. The number of nitrogens with zero attached hydrogens (tertiary/aromatic N) is 3. The van der Waals surface area contributed by atoms with Crippen molar-refractivity contribution >= 4 is 16.0 Å². The van der Waals surface area contributed by atoms with Crippen molar-refractivity contribution in [1.82, 2.24) is 9.97 Å². The highest BCUT2D eigenvalue weighted by Gasteiger charge is 2.35. The first-order valence-electron chi connectivity index (χ1n) is 6.74. The number of alkyl halides is 1. The molecular weight excluding hydrogens is 307 g/mol. The van der Waals surface area contributed by atoms with Crippen molar-refractivity contribution in [3.05, 3.63) is 48.3 Å². The quantitative estimate of drug-likeness (QED) is 0.913. The fraction of sp³-hybridized carbons (Fsp3) is 0.286. The first kappa shape index (κ1) is 14.9. The van der Waals surface area contributed by atoms with Crippen LogP contribution in [0.2, 0.25) is 0 Å². The average Bonchev–Trinajstić information content (AvgIpc) is 2.89. The second kappa shape index (κ2) is 5.62. The van der Waals surface area contributed by atoms with Gasteiger partial charge in [-0.3, -0.25) is 0 Å². The van der Waals surface area contributed by atoms with Crippen LogP contribution in [-0.2, 0) is 10.0 Å². The van der Waals surface area contributed by atoms with Crippen LogP contribution in [0.5, 0.6) is 0 Å². The fourth-order valence-corrected chi connectivity index (χ4v) is 2.96. The van der Waals surface area contributed by atoms with Crippen LogP contribution in [0, 0.1) is 0 Å². The number of nitrogens with two attached hydrogens (primary N) is 1. The molecule has 2 atom stereocenters. The Morgan fingerprint density at radius 3 is 2.36 bits per heavy atom. The van der Waals surface area contributed by atoms with E-state index < -0.39 is 16.2 Å². The molecule has 0 saturated carbocycles. The van der Waals surface area contributed by atoms with Crippen LogP contribution in [0.25, 0.3) is 0 Å². The Balaban J connectivity index is 1.80. The summed E-state index contributed by atoms with van der Waals surface area (Å²) in [6.45, 7) is 0.619. The van der Waals surface area contributed by atoms with Crippen molar-refractivity contribution in [3.63, 3.8) is 0 Å². The van der Waals surface area contributed by atoms with E-state index in [-0.39, 0.29) is 17.4 Å². The molecule has 1 aliphatic heterocycles. The average molecular weight is 322 g/mol. The normalized spacial score (nSPS) is 22.0. The third-order valence-electron chi connectivity index (χ3n) is 3.70. The van der Waals surface area contributed by atoms with Gasteiger partial charge in [0.1, 0.15) is 11.1 Å². The second-order valence-corrected chi connectivity index (χ2v) is 6.76. The van der Waals surface area contributed by atoms with Gasteiger partial charge in [0.15, 0.2) is 0 Å². The van der Waals surface area contributed by atoms with Crippen LogP contribution in [-0.4, -0.2) is 37.6 Å². The number of aromatic nitrogens is 2. The van der Waals surface area contributed by atoms with Crippen molar-refractivity contribution in [2.45, 2.75) is 17.0 Å². The van der Waals surface area contributed by atoms with Gasteiger partial charge in [-0.2, -0.15) is 0 Å². The lowest BCUT2D eigenvalue weighted by molar-refractivity contribution is 0.333. The lowest BCUT2D eigenvalue weighted by atomic mass is 9.97. The van der Waals surface area contributed by atoms with Gasteiger partial charge in [0.25, 0.3) is 0 Å². The predicted octanol–water partition coefficient (Wildman–Crippen LogP) is 1.07. The largest absolute Gasteiger partial charge is 0.337 e. The van der Waals surface area contributed by atoms with Gasteiger partial charge in [-0.15, -0.1) is 0 Å². The molecule has 6 nitrogen and oxygen atoms in total. The summed E-state index contributed by atoms with van der Waals surface area (Å²) >= 11 is 0. The van der Waals surface area contributed by atoms with Crippen molar-refractivity contribution in [2.75, 3.05) is 18.0 Å². The molecule has 2 aromatic rings. The van der Waals surface area contributed by atoms with E-state index in [0.717, 1.165) is 18.0 Å².